The Morgan fingerprint density at radius 2 is 2.11 bits per heavy atom. The molecule has 0 spiro atoms. The lowest BCUT2D eigenvalue weighted by Crippen LogP contribution is -2.03. The zero-order valence-corrected chi connectivity index (χ0v) is 12.5. The van der Waals surface area contributed by atoms with Crippen LogP contribution < -0.4 is 4.74 Å². The van der Waals surface area contributed by atoms with Crippen molar-refractivity contribution in [2.24, 2.45) is 7.05 Å². The van der Waals surface area contributed by atoms with E-state index in [9.17, 15) is 4.79 Å². The van der Waals surface area contributed by atoms with Crippen molar-refractivity contribution < 1.29 is 9.53 Å². The number of rotatable bonds is 4. The van der Waals surface area contributed by atoms with Gasteiger partial charge in [0, 0.05) is 26.0 Å². The van der Waals surface area contributed by atoms with Gasteiger partial charge in [-0.1, -0.05) is 0 Å². The highest BCUT2D eigenvalue weighted by Crippen LogP contribution is 2.22. The Balaban J connectivity index is 2.45. The molecule has 0 amide bonds. The lowest BCUT2D eigenvalue weighted by Gasteiger charge is -1.97. The third-order valence-corrected chi connectivity index (χ3v) is 3.31. The van der Waals surface area contributed by atoms with E-state index in [1.807, 2.05) is 29.5 Å². The summed E-state index contributed by atoms with van der Waals surface area (Å²) < 4.78 is 9.10. The lowest BCUT2D eigenvalue weighted by molar-refractivity contribution is 0.103. The average molecular weight is 360 g/mol. The molecule has 0 aromatic carbocycles. The van der Waals surface area contributed by atoms with Crippen LogP contribution in [0.3, 0.4) is 0 Å². The van der Waals surface area contributed by atoms with Crippen LogP contribution in [-0.4, -0.2) is 32.5 Å². The van der Waals surface area contributed by atoms with Gasteiger partial charge in [-0.3, -0.25) is 14.2 Å². The van der Waals surface area contributed by atoms with Crippen molar-refractivity contribution in [1.29, 1.82) is 0 Å². The molecule has 0 saturated heterocycles. The summed E-state index contributed by atoms with van der Waals surface area (Å²) in [6, 6.07) is 0. The number of carbonyl (C=O) groups is 1. The average Bonchev–Trinajstić information content (AvgIpc) is 2.91. The van der Waals surface area contributed by atoms with Crippen molar-refractivity contribution >= 4 is 28.4 Å². The van der Waals surface area contributed by atoms with Crippen LogP contribution in [0.1, 0.15) is 22.8 Å². The van der Waals surface area contributed by atoms with Gasteiger partial charge in [0.2, 0.25) is 11.7 Å². The zero-order valence-electron chi connectivity index (χ0n) is 10.3. The van der Waals surface area contributed by atoms with E-state index in [1.54, 1.807) is 28.8 Å². The minimum atomic E-state index is -0.121. The summed E-state index contributed by atoms with van der Waals surface area (Å²) in [4.78, 5) is 12.4. The minimum absolute atomic E-state index is 0.121. The topological polar surface area (TPSA) is 61.9 Å². The number of aromatic nitrogens is 4. The molecule has 6 nitrogen and oxygen atoms in total. The van der Waals surface area contributed by atoms with Gasteiger partial charge in [-0.05, 0) is 29.5 Å². The molecule has 2 aromatic rings. The van der Waals surface area contributed by atoms with Crippen molar-refractivity contribution in [3.8, 4) is 5.88 Å². The van der Waals surface area contributed by atoms with Gasteiger partial charge in [-0.15, -0.1) is 5.10 Å². The van der Waals surface area contributed by atoms with Crippen LogP contribution in [0, 0.1) is 3.70 Å². The molecule has 18 heavy (non-hydrogen) atoms. The van der Waals surface area contributed by atoms with E-state index in [1.165, 1.54) is 7.11 Å². The molecule has 0 N–H and O–H groups in total. The van der Waals surface area contributed by atoms with Crippen molar-refractivity contribution in [1.82, 2.24) is 19.6 Å². The molecule has 0 aliphatic heterocycles. The second kappa shape index (κ2) is 5.09. The summed E-state index contributed by atoms with van der Waals surface area (Å²) in [5.41, 5.74) is 1.03. The van der Waals surface area contributed by atoms with E-state index in [4.69, 9.17) is 4.74 Å². The van der Waals surface area contributed by atoms with Crippen molar-refractivity contribution in [2.45, 2.75) is 13.5 Å². The van der Waals surface area contributed by atoms with E-state index in [0.717, 1.165) is 0 Å². The van der Waals surface area contributed by atoms with Crippen LogP contribution in [0.15, 0.2) is 12.4 Å². The number of nitrogens with zero attached hydrogens (tertiary/aromatic N) is 4. The van der Waals surface area contributed by atoms with Gasteiger partial charge in [-0.25, -0.2) is 0 Å². The molecule has 0 aliphatic carbocycles. The molecule has 0 atom stereocenters. The first-order valence-corrected chi connectivity index (χ1v) is 6.50. The van der Waals surface area contributed by atoms with E-state index in [2.05, 4.69) is 10.2 Å². The Labute approximate surface area is 118 Å². The van der Waals surface area contributed by atoms with Crippen LogP contribution in [0.5, 0.6) is 5.88 Å². The highest BCUT2D eigenvalue weighted by atomic mass is 127. The van der Waals surface area contributed by atoms with Crippen LogP contribution in [0.4, 0.5) is 0 Å². The Kier molecular flexibility index (Phi) is 3.69. The molecular weight excluding hydrogens is 347 g/mol. The fourth-order valence-electron chi connectivity index (χ4n) is 1.63. The summed E-state index contributed by atoms with van der Waals surface area (Å²) >= 11 is 2.04. The standard InChI is InChI=1S/C11H13IN4O2/c1-4-16-6-8(11(14-16)18-3)9(17)7-5-15(2)13-10(7)12/h5-6H,4H2,1-3H3. The summed E-state index contributed by atoms with van der Waals surface area (Å²) in [6.07, 6.45) is 3.40. The Bertz CT molecular complexity index is 588. The summed E-state index contributed by atoms with van der Waals surface area (Å²) in [5, 5.41) is 8.33. The van der Waals surface area contributed by atoms with Gasteiger partial charge in [-0.2, -0.15) is 5.10 Å². The van der Waals surface area contributed by atoms with E-state index < -0.39 is 0 Å². The number of ketones is 1. The molecule has 2 aromatic heterocycles. The predicted molar refractivity (Wildman–Crippen MR) is 73.8 cm³/mol. The SMILES string of the molecule is CCn1cc(C(=O)c2cn(C)nc2I)c(OC)n1. The fourth-order valence-corrected chi connectivity index (χ4v) is 2.36. The molecule has 96 valence electrons. The number of hydrogen-bond acceptors (Lipinski definition) is 4. The summed E-state index contributed by atoms with van der Waals surface area (Å²) in [5.74, 6) is 0.227. The normalized spacial score (nSPS) is 10.7. The van der Waals surface area contributed by atoms with E-state index in [0.29, 0.717) is 27.3 Å². The molecule has 0 saturated carbocycles. The maximum atomic E-state index is 12.4. The maximum absolute atomic E-state index is 12.4. The molecule has 0 aliphatic rings. The van der Waals surface area contributed by atoms with E-state index >= 15 is 0 Å². The molecule has 2 rings (SSSR count). The number of carbonyl (C=O) groups excluding carboxylic acids is 1. The first-order valence-electron chi connectivity index (χ1n) is 5.42. The molecule has 7 heteroatoms. The predicted octanol–water partition coefficient (Wildman–Crippen LogP) is 1.48. The van der Waals surface area contributed by atoms with E-state index in [-0.39, 0.29) is 5.78 Å². The lowest BCUT2D eigenvalue weighted by atomic mass is 10.1. The van der Waals surface area contributed by atoms with Crippen LogP contribution in [0.25, 0.3) is 0 Å². The Hall–Kier alpha value is -1.38. The highest BCUT2D eigenvalue weighted by molar-refractivity contribution is 14.1. The molecule has 0 radical (unpaired) electrons. The maximum Gasteiger partial charge on any atom is 0.243 e. The largest absolute Gasteiger partial charge is 0.479 e. The second-order valence-electron chi connectivity index (χ2n) is 3.74. The van der Waals surface area contributed by atoms with Crippen molar-refractivity contribution in [2.75, 3.05) is 7.11 Å². The first kappa shape index (κ1) is 13.1. The first-order chi connectivity index (χ1) is 8.56. The molecule has 2 heterocycles. The van der Waals surface area contributed by atoms with Crippen LogP contribution in [-0.2, 0) is 13.6 Å². The Morgan fingerprint density at radius 3 is 2.61 bits per heavy atom. The molecular formula is C11H13IN4O2. The quantitative estimate of drug-likeness (QED) is 0.612. The van der Waals surface area contributed by atoms with Crippen LogP contribution >= 0.6 is 22.6 Å². The van der Waals surface area contributed by atoms with Gasteiger partial charge in [0.05, 0.1) is 12.7 Å². The van der Waals surface area contributed by atoms with Crippen molar-refractivity contribution in [3.05, 3.63) is 27.2 Å². The summed E-state index contributed by atoms with van der Waals surface area (Å²) in [6.45, 7) is 2.64. The molecule has 0 unspecified atom stereocenters. The number of halogens is 1. The monoisotopic (exact) mass is 360 g/mol. The number of methoxy groups -OCH3 is 1. The second-order valence-corrected chi connectivity index (χ2v) is 4.77. The Morgan fingerprint density at radius 1 is 1.39 bits per heavy atom. The molecule has 0 bridgehead atoms. The molecule has 0 fully saturated rings. The minimum Gasteiger partial charge on any atom is -0.479 e. The van der Waals surface area contributed by atoms with Gasteiger partial charge in [0.25, 0.3) is 0 Å². The highest BCUT2D eigenvalue weighted by Gasteiger charge is 2.22. The zero-order chi connectivity index (χ0) is 13.3. The number of aryl methyl sites for hydroxylation is 2. The van der Waals surface area contributed by atoms with Crippen molar-refractivity contribution in [3.63, 3.8) is 0 Å². The van der Waals surface area contributed by atoms with Gasteiger partial charge < -0.3 is 4.74 Å². The third kappa shape index (κ3) is 2.26. The van der Waals surface area contributed by atoms with Crippen LogP contribution in [0.2, 0.25) is 0 Å². The van der Waals surface area contributed by atoms with Gasteiger partial charge >= 0.3 is 0 Å². The van der Waals surface area contributed by atoms with Gasteiger partial charge in [0.15, 0.2) is 0 Å². The van der Waals surface area contributed by atoms with Gasteiger partial charge in [0.1, 0.15) is 9.26 Å². The summed E-state index contributed by atoms with van der Waals surface area (Å²) in [7, 11) is 3.29. The fraction of sp³-hybridized carbons (Fsp3) is 0.364. The third-order valence-electron chi connectivity index (χ3n) is 2.52. The number of ether oxygens (including phenoxy) is 1. The smallest absolute Gasteiger partial charge is 0.243 e. The number of hydrogen-bond donors (Lipinski definition) is 0.